The standard InChI is InChI=1S/C13H21N5O3/c1-4-9(6-19)21-8(3)18-7-15-10-11(18)16-13(14)17-12(10)20-5-2/h7-9,19H,4-6H2,1-3H3,(H2,14,16,17). The van der Waals surface area contributed by atoms with Crippen molar-refractivity contribution in [3.8, 4) is 5.88 Å². The molecule has 8 nitrogen and oxygen atoms in total. The second-order valence-electron chi connectivity index (χ2n) is 4.59. The molecule has 0 fully saturated rings. The van der Waals surface area contributed by atoms with Crippen LogP contribution in [0.2, 0.25) is 0 Å². The molecule has 2 unspecified atom stereocenters. The van der Waals surface area contributed by atoms with Gasteiger partial charge in [0.2, 0.25) is 11.8 Å². The third-order valence-electron chi connectivity index (χ3n) is 3.13. The van der Waals surface area contributed by atoms with E-state index in [1.165, 1.54) is 0 Å². The van der Waals surface area contributed by atoms with Gasteiger partial charge in [-0.05, 0) is 20.3 Å². The van der Waals surface area contributed by atoms with Gasteiger partial charge in [-0.15, -0.1) is 0 Å². The minimum absolute atomic E-state index is 0.0329. The van der Waals surface area contributed by atoms with Crippen molar-refractivity contribution in [1.29, 1.82) is 0 Å². The number of anilines is 1. The molecule has 0 saturated heterocycles. The third-order valence-corrected chi connectivity index (χ3v) is 3.13. The fourth-order valence-electron chi connectivity index (χ4n) is 2.02. The average molecular weight is 295 g/mol. The lowest BCUT2D eigenvalue weighted by Gasteiger charge is -2.20. The Balaban J connectivity index is 2.36. The maximum absolute atomic E-state index is 9.23. The fraction of sp³-hybridized carbons (Fsp3) is 0.615. The molecule has 0 aliphatic rings. The van der Waals surface area contributed by atoms with Crippen LogP contribution >= 0.6 is 0 Å². The Hall–Kier alpha value is -1.93. The highest BCUT2D eigenvalue weighted by molar-refractivity contribution is 5.77. The molecule has 21 heavy (non-hydrogen) atoms. The van der Waals surface area contributed by atoms with Gasteiger partial charge in [-0.2, -0.15) is 9.97 Å². The van der Waals surface area contributed by atoms with Crippen LogP contribution in [0.3, 0.4) is 0 Å². The molecule has 116 valence electrons. The van der Waals surface area contributed by atoms with Gasteiger partial charge in [0.15, 0.2) is 11.2 Å². The van der Waals surface area contributed by atoms with Crippen LogP contribution < -0.4 is 10.5 Å². The van der Waals surface area contributed by atoms with Gasteiger partial charge in [-0.25, -0.2) is 4.98 Å². The van der Waals surface area contributed by atoms with Crippen LogP contribution in [-0.4, -0.2) is 43.9 Å². The predicted molar refractivity (Wildman–Crippen MR) is 77.9 cm³/mol. The number of nitrogens with zero attached hydrogens (tertiary/aromatic N) is 4. The molecule has 2 atom stereocenters. The van der Waals surface area contributed by atoms with Crippen LogP contribution in [0.1, 0.15) is 33.4 Å². The summed E-state index contributed by atoms with van der Waals surface area (Å²) in [6.07, 6.45) is 1.75. The van der Waals surface area contributed by atoms with E-state index in [0.29, 0.717) is 23.7 Å². The lowest BCUT2D eigenvalue weighted by atomic mass is 10.3. The van der Waals surface area contributed by atoms with Gasteiger partial charge in [0.05, 0.1) is 25.6 Å². The molecule has 2 aromatic heterocycles. The van der Waals surface area contributed by atoms with Gasteiger partial charge in [0, 0.05) is 0 Å². The summed E-state index contributed by atoms with van der Waals surface area (Å²) in [4.78, 5) is 12.5. The molecular formula is C13H21N5O3. The molecule has 8 heteroatoms. The SMILES string of the molecule is CCOc1nc(N)nc2c1ncn2C(C)OC(CC)CO. The van der Waals surface area contributed by atoms with E-state index in [1.807, 2.05) is 20.8 Å². The summed E-state index contributed by atoms with van der Waals surface area (Å²) in [5.41, 5.74) is 6.80. The highest BCUT2D eigenvalue weighted by Gasteiger charge is 2.18. The van der Waals surface area contributed by atoms with Gasteiger partial charge in [0.1, 0.15) is 6.23 Å². The van der Waals surface area contributed by atoms with E-state index in [2.05, 4.69) is 15.0 Å². The second-order valence-corrected chi connectivity index (χ2v) is 4.59. The smallest absolute Gasteiger partial charge is 0.247 e. The van der Waals surface area contributed by atoms with Crippen LogP contribution in [0.5, 0.6) is 5.88 Å². The molecule has 0 aliphatic carbocycles. The van der Waals surface area contributed by atoms with Crippen LogP contribution in [0.15, 0.2) is 6.33 Å². The molecule has 0 bridgehead atoms. The Labute approximate surface area is 122 Å². The summed E-state index contributed by atoms with van der Waals surface area (Å²) >= 11 is 0. The van der Waals surface area contributed by atoms with Gasteiger partial charge in [0.25, 0.3) is 0 Å². The Morgan fingerprint density at radius 3 is 2.76 bits per heavy atom. The van der Waals surface area contributed by atoms with E-state index in [4.69, 9.17) is 15.2 Å². The monoisotopic (exact) mass is 295 g/mol. The van der Waals surface area contributed by atoms with E-state index in [-0.39, 0.29) is 24.9 Å². The summed E-state index contributed by atoms with van der Waals surface area (Å²) in [5.74, 6) is 0.481. The predicted octanol–water partition coefficient (Wildman–Crippen LogP) is 1.11. The number of rotatable bonds is 7. The minimum atomic E-state index is -0.337. The first-order valence-electron chi connectivity index (χ1n) is 6.99. The van der Waals surface area contributed by atoms with Gasteiger partial charge in [-0.1, -0.05) is 6.92 Å². The fourth-order valence-corrected chi connectivity index (χ4v) is 2.02. The number of aliphatic hydroxyl groups excluding tert-OH is 1. The molecule has 0 spiro atoms. The molecular weight excluding hydrogens is 274 g/mol. The van der Waals surface area contributed by atoms with E-state index < -0.39 is 0 Å². The van der Waals surface area contributed by atoms with Crippen molar-refractivity contribution < 1.29 is 14.6 Å². The molecule has 0 amide bonds. The van der Waals surface area contributed by atoms with Crippen molar-refractivity contribution in [2.75, 3.05) is 18.9 Å². The Morgan fingerprint density at radius 1 is 1.38 bits per heavy atom. The van der Waals surface area contributed by atoms with Crippen molar-refractivity contribution in [2.45, 2.75) is 39.5 Å². The highest BCUT2D eigenvalue weighted by Crippen LogP contribution is 2.25. The summed E-state index contributed by atoms with van der Waals surface area (Å²) in [7, 11) is 0. The normalized spacial score (nSPS) is 14.3. The molecule has 0 aromatic carbocycles. The first-order chi connectivity index (χ1) is 10.1. The molecule has 3 N–H and O–H groups in total. The quantitative estimate of drug-likeness (QED) is 0.787. The number of fused-ring (bicyclic) bond motifs is 1. The number of imidazole rings is 1. The summed E-state index contributed by atoms with van der Waals surface area (Å²) in [5, 5.41) is 9.23. The zero-order valence-electron chi connectivity index (χ0n) is 12.5. The summed E-state index contributed by atoms with van der Waals surface area (Å²) in [6, 6.07) is 0. The largest absolute Gasteiger partial charge is 0.476 e. The van der Waals surface area contributed by atoms with Crippen molar-refractivity contribution >= 4 is 17.1 Å². The zero-order valence-corrected chi connectivity index (χ0v) is 12.5. The maximum atomic E-state index is 9.23. The molecule has 0 radical (unpaired) electrons. The van der Waals surface area contributed by atoms with E-state index in [9.17, 15) is 5.11 Å². The van der Waals surface area contributed by atoms with Crippen LogP contribution in [0.4, 0.5) is 5.95 Å². The number of hydrogen-bond donors (Lipinski definition) is 2. The third kappa shape index (κ3) is 3.22. The number of aliphatic hydroxyl groups is 1. The van der Waals surface area contributed by atoms with Crippen molar-refractivity contribution in [3.05, 3.63) is 6.33 Å². The molecule has 2 rings (SSSR count). The van der Waals surface area contributed by atoms with E-state index >= 15 is 0 Å². The Bertz CT molecular complexity index is 597. The number of ether oxygens (including phenoxy) is 2. The summed E-state index contributed by atoms with van der Waals surface area (Å²) in [6.45, 7) is 6.10. The first kappa shape index (κ1) is 15.5. The van der Waals surface area contributed by atoms with Gasteiger partial charge < -0.3 is 20.3 Å². The highest BCUT2D eigenvalue weighted by atomic mass is 16.5. The summed E-state index contributed by atoms with van der Waals surface area (Å²) < 4.78 is 12.9. The number of nitrogens with two attached hydrogens (primary N) is 1. The molecule has 2 heterocycles. The topological polar surface area (TPSA) is 108 Å². The average Bonchev–Trinajstić information content (AvgIpc) is 2.88. The molecule has 0 aliphatic heterocycles. The Morgan fingerprint density at radius 2 is 2.14 bits per heavy atom. The van der Waals surface area contributed by atoms with Crippen molar-refractivity contribution in [2.24, 2.45) is 0 Å². The first-order valence-corrected chi connectivity index (χ1v) is 6.99. The van der Waals surface area contributed by atoms with Crippen LogP contribution in [0, 0.1) is 0 Å². The minimum Gasteiger partial charge on any atom is -0.476 e. The number of nitrogen functional groups attached to an aromatic ring is 1. The Kier molecular flexibility index (Phi) is 4.92. The van der Waals surface area contributed by atoms with Crippen molar-refractivity contribution in [1.82, 2.24) is 19.5 Å². The van der Waals surface area contributed by atoms with Gasteiger partial charge >= 0.3 is 0 Å². The maximum Gasteiger partial charge on any atom is 0.247 e. The van der Waals surface area contributed by atoms with Crippen LogP contribution in [-0.2, 0) is 4.74 Å². The van der Waals surface area contributed by atoms with Gasteiger partial charge in [-0.3, -0.25) is 4.57 Å². The number of aromatic nitrogens is 4. The lowest BCUT2D eigenvalue weighted by Crippen LogP contribution is -2.21. The molecule has 0 saturated carbocycles. The molecule has 2 aromatic rings. The second kappa shape index (κ2) is 6.68. The van der Waals surface area contributed by atoms with E-state index in [1.54, 1.807) is 10.9 Å². The number of hydrogen-bond acceptors (Lipinski definition) is 7. The van der Waals surface area contributed by atoms with E-state index in [0.717, 1.165) is 6.42 Å². The van der Waals surface area contributed by atoms with Crippen molar-refractivity contribution in [3.63, 3.8) is 0 Å². The lowest BCUT2D eigenvalue weighted by molar-refractivity contribution is -0.0647. The zero-order chi connectivity index (χ0) is 15.4. The van der Waals surface area contributed by atoms with Crippen LogP contribution in [0.25, 0.3) is 11.2 Å².